The second kappa shape index (κ2) is 5.27. The molecule has 0 amide bonds. The van der Waals surface area contributed by atoms with Gasteiger partial charge in [0, 0.05) is 17.7 Å². The third kappa shape index (κ3) is 2.48. The Balaban J connectivity index is 1.96. The van der Waals surface area contributed by atoms with Crippen LogP contribution >= 0.6 is 0 Å². The molecule has 1 aliphatic heterocycles. The Morgan fingerprint density at radius 2 is 2.21 bits per heavy atom. The zero-order valence-electron chi connectivity index (χ0n) is 11.5. The quantitative estimate of drug-likeness (QED) is 0.916. The van der Waals surface area contributed by atoms with E-state index in [0.717, 1.165) is 30.7 Å². The van der Waals surface area contributed by atoms with Gasteiger partial charge in [0.1, 0.15) is 0 Å². The van der Waals surface area contributed by atoms with Gasteiger partial charge < -0.3 is 10.1 Å². The highest BCUT2D eigenvalue weighted by Crippen LogP contribution is 2.28. The number of aryl methyl sites for hydroxylation is 1. The summed E-state index contributed by atoms with van der Waals surface area (Å²) in [6, 6.07) is 11.0. The lowest BCUT2D eigenvalue weighted by molar-refractivity contribution is 0.0808. The summed E-state index contributed by atoms with van der Waals surface area (Å²) in [5.74, 6) is 0. The van der Waals surface area contributed by atoms with E-state index in [1.165, 1.54) is 10.9 Å². The van der Waals surface area contributed by atoms with Crippen LogP contribution in [0.3, 0.4) is 0 Å². The number of nitrogens with one attached hydrogen (secondary N) is 1. The molecule has 1 aromatic heterocycles. The molecule has 2 unspecified atom stereocenters. The fraction of sp³-hybridized carbons (Fsp3) is 0.438. The van der Waals surface area contributed by atoms with E-state index in [-0.39, 0.29) is 6.04 Å². The minimum Gasteiger partial charge on any atom is -0.376 e. The van der Waals surface area contributed by atoms with Crippen LogP contribution in [0.2, 0.25) is 0 Å². The Kier molecular flexibility index (Phi) is 3.49. The van der Waals surface area contributed by atoms with Crippen molar-refractivity contribution >= 4 is 10.9 Å². The van der Waals surface area contributed by atoms with Gasteiger partial charge in [-0.2, -0.15) is 0 Å². The highest BCUT2D eigenvalue weighted by molar-refractivity contribution is 5.79. The van der Waals surface area contributed by atoms with Gasteiger partial charge in [0.15, 0.2) is 0 Å². The summed E-state index contributed by atoms with van der Waals surface area (Å²) >= 11 is 0. The van der Waals surface area contributed by atoms with Crippen LogP contribution in [0.15, 0.2) is 30.3 Å². The van der Waals surface area contributed by atoms with E-state index in [9.17, 15) is 0 Å². The Morgan fingerprint density at radius 3 is 2.95 bits per heavy atom. The summed E-state index contributed by atoms with van der Waals surface area (Å²) in [5, 5.41) is 4.59. The number of benzene rings is 1. The molecule has 3 nitrogen and oxygen atoms in total. The van der Waals surface area contributed by atoms with Crippen molar-refractivity contribution in [1.82, 2.24) is 10.3 Å². The van der Waals surface area contributed by atoms with Crippen molar-refractivity contribution in [2.75, 3.05) is 13.7 Å². The van der Waals surface area contributed by atoms with Crippen molar-refractivity contribution in [3.8, 4) is 0 Å². The van der Waals surface area contributed by atoms with E-state index < -0.39 is 0 Å². The van der Waals surface area contributed by atoms with Gasteiger partial charge in [-0.25, -0.2) is 0 Å². The summed E-state index contributed by atoms with van der Waals surface area (Å²) < 4.78 is 5.81. The van der Waals surface area contributed by atoms with Crippen molar-refractivity contribution in [2.24, 2.45) is 0 Å². The van der Waals surface area contributed by atoms with Gasteiger partial charge in [-0.15, -0.1) is 0 Å². The second-order valence-corrected chi connectivity index (χ2v) is 5.22. The van der Waals surface area contributed by atoms with Crippen molar-refractivity contribution in [3.63, 3.8) is 0 Å². The fourth-order valence-corrected chi connectivity index (χ4v) is 2.87. The normalized spacial score (nSPS) is 20.8. The van der Waals surface area contributed by atoms with Gasteiger partial charge in [-0.1, -0.05) is 12.1 Å². The summed E-state index contributed by atoms with van der Waals surface area (Å²) in [4.78, 5) is 4.55. The molecule has 2 heterocycles. The molecule has 19 heavy (non-hydrogen) atoms. The Hall–Kier alpha value is -1.45. The molecule has 100 valence electrons. The number of likely N-dealkylation sites (N-methyl/N-ethyl adjacent to an activating group) is 1. The van der Waals surface area contributed by atoms with E-state index >= 15 is 0 Å². The first-order valence-corrected chi connectivity index (χ1v) is 6.94. The van der Waals surface area contributed by atoms with E-state index in [0.29, 0.717) is 6.10 Å². The summed E-state index contributed by atoms with van der Waals surface area (Å²) in [6.07, 6.45) is 2.59. The molecule has 1 aromatic carbocycles. The number of hydrogen-bond donors (Lipinski definition) is 1. The molecule has 3 rings (SSSR count). The van der Waals surface area contributed by atoms with Crippen LogP contribution in [0.25, 0.3) is 10.9 Å². The second-order valence-electron chi connectivity index (χ2n) is 5.22. The smallest absolute Gasteiger partial charge is 0.0770 e. The van der Waals surface area contributed by atoms with Crippen molar-refractivity contribution in [3.05, 3.63) is 41.6 Å². The zero-order valence-corrected chi connectivity index (χ0v) is 11.5. The number of ether oxygens (including phenoxy) is 1. The van der Waals surface area contributed by atoms with Crippen LogP contribution in [-0.4, -0.2) is 24.7 Å². The van der Waals surface area contributed by atoms with Crippen LogP contribution in [0.4, 0.5) is 0 Å². The lowest BCUT2D eigenvalue weighted by Crippen LogP contribution is -2.28. The number of fused-ring (bicyclic) bond motifs is 1. The fourth-order valence-electron chi connectivity index (χ4n) is 2.87. The number of aromatic nitrogens is 1. The number of rotatable bonds is 3. The van der Waals surface area contributed by atoms with Crippen LogP contribution in [0.1, 0.15) is 30.1 Å². The Labute approximate surface area is 114 Å². The molecule has 0 aliphatic carbocycles. The third-order valence-corrected chi connectivity index (χ3v) is 3.86. The number of pyridine rings is 1. The van der Waals surface area contributed by atoms with E-state index in [2.05, 4.69) is 40.6 Å². The molecule has 0 radical (unpaired) electrons. The van der Waals surface area contributed by atoms with Crippen molar-refractivity contribution in [1.29, 1.82) is 0 Å². The Bertz CT molecular complexity index is 576. The minimum absolute atomic E-state index is 0.271. The third-order valence-electron chi connectivity index (χ3n) is 3.86. The van der Waals surface area contributed by atoms with Crippen LogP contribution in [-0.2, 0) is 4.74 Å². The predicted molar refractivity (Wildman–Crippen MR) is 77.3 cm³/mol. The number of hydrogen-bond acceptors (Lipinski definition) is 3. The first-order valence-electron chi connectivity index (χ1n) is 6.94. The summed E-state index contributed by atoms with van der Waals surface area (Å²) in [5.41, 5.74) is 3.41. The molecule has 1 fully saturated rings. The molecular weight excluding hydrogens is 236 g/mol. The predicted octanol–water partition coefficient (Wildman–Crippen LogP) is 2.98. The van der Waals surface area contributed by atoms with Gasteiger partial charge in [-0.3, -0.25) is 4.98 Å². The molecule has 1 aliphatic rings. The molecule has 2 atom stereocenters. The molecule has 1 saturated heterocycles. The summed E-state index contributed by atoms with van der Waals surface area (Å²) in [7, 11) is 2.00. The maximum Gasteiger partial charge on any atom is 0.0770 e. The lowest BCUT2D eigenvalue weighted by atomic mass is 9.98. The monoisotopic (exact) mass is 256 g/mol. The molecule has 3 heteroatoms. The molecule has 0 spiro atoms. The lowest BCUT2D eigenvalue weighted by Gasteiger charge is -2.23. The van der Waals surface area contributed by atoms with Crippen LogP contribution in [0, 0.1) is 6.92 Å². The van der Waals surface area contributed by atoms with E-state index in [4.69, 9.17) is 4.74 Å². The molecular formula is C16H20N2O. The van der Waals surface area contributed by atoms with Crippen molar-refractivity contribution < 1.29 is 4.74 Å². The minimum atomic E-state index is 0.271. The summed E-state index contributed by atoms with van der Waals surface area (Å²) in [6.45, 7) is 2.91. The maximum atomic E-state index is 5.81. The Morgan fingerprint density at radius 1 is 1.32 bits per heavy atom. The van der Waals surface area contributed by atoms with Crippen LogP contribution < -0.4 is 5.32 Å². The van der Waals surface area contributed by atoms with E-state index in [1.54, 1.807) is 0 Å². The topological polar surface area (TPSA) is 34.2 Å². The first kappa shape index (κ1) is 12.6. The van der Waals surface area contributed by atoms with Gasteiger partial charge >= 0.3 is 0 Å². The highest BCUT2D eigenvalue weighted by Gasteiger charge is 2.26. The van der Waals surface area contributed by atoms with Gasteiger partial charge in [-0.05, 0) is 50.6 Å². The van der Waals surface area contributed by atoms with Gasteiger partial charge in [0.05, 0.1) is 17.7 Å². The molecule has 2 aromatic rings. The zero-order chi connectivity index (χ0) is 13.2. The van der Waals surface area contributed by atoms with Gasteiger partial charge in [0.25, 0.3) is 0 Å². The number of nitrogens with zero attached hydrogens (tertiary/aromatic N) is 1. The van der Waals surface area contributed by atoms with Crippen LogP contribution in [0.5, 0.6) is 0 Å². The SMILES string of the molecule is CNC(c1ccc2nc(C)ccc2c1)C1CCCO1. The molecule has 0 saturated carbocycles. The average Bonchev–Trinajstić information content (AvgIpc) is 2.93. The van der Waals surface area contributed by atoms with Gasteiger partial charge in [0.2, 0.25) is 0 Å². The van der Waals surface area contributed by atoms with E-state index in [1.807, 2.05) is 14.0 Å². The maximum absolute atomic E-state index is 5.81. The molecule has 0 bridgehead atoms. The molecule has 1 N–H and O–H groups in total. The average molecular weight is 256 g/mol. The first-order chi connectivity index (χ1) is 9.28. The largest absolute Gasteiger partial charge is 0.376 e. The highest BCUT2D eigenvalue weighted by atomic mass is 16.5. The van der Waals surface area contributed by atoms with Crippen molar-refractivity contribution in [2.45, 2.75) is 31.9 Å². The standard InChI is InChI=1S/C16H20N2O/c1-11-5-6-12-10-13(7-8-14(12)18-11)16(17-2)15-4-3-9-19-15/h5-8,10,15-17H,3-4,9H2,1-2H3.